The zero-order valence-electron chi connectivity index (χ0n) is 34.1. The zero-order chi connectivity index (χ0) is 42.6. The van der Waals surface area contributed by atoms with Gasteiger partial charge in [-0.25, -0.2) is 5.90 Å². The lowest BCUT2D eigenvalue weighted by atomic mass is 9.97. The number of ether oxygens (including phenoxy) is 4. The lowest BCUT2D eigenvalue weighted by Crippen LogP contribution is -2.51. The van der Waals surface area contributed by atoms with E-state index in [-0.39, 0.29) is 24.8 Å². The van der Waals surface area contributed by atoms with Crippen LogP contribution in [0.5, 0.6) is 11.5 Å². The summed E-state index contributed by atoms with van der Waals surface area (Å²) >= 11 is 4.64. The van der Waals surface area contributed by atoms with Crippen LogP contribution in [0.25, 0.3) is 21.7 Å². The van der Waals surface area contributed by atoms with Crippen LogP contribution in [0.3, 0.4) is 0 Å². The Labute approximate surface area is 348 Å². The van der Waals surface area contributed by atoms with E-state index in [1.807, 2.05) is 71.0 Å². The van der Waals surface area contributed by atoms with Crippen LogP contribution < -0.4 is 25.6 Å². The number of fused-ring (bicyclic) bond motifs is 4. The number of aromatic nitrogens is 1. The van der Waals surface area contributed by atoms with Gasteiger partial charge in [0.15, 0.2) is 0 Å². The van der Waals surface area contributed by atoms with Crippen molar-refractivity contribution in [2.24, 2.45) is 5.90 Å². The number of aromatic amines is 1. The molecule has 0 radical (unpaired) electrons. The van der Waals surface area contributed by atoms with Gasteiger partial charge in [0.25, 0.3) is 11.8 Å². The highest BCUT2D eigenvalue weighted by atomic mass is 35.5. The third kappa shape index (κ3) is 9.83. The molecule has 0 aliphatic carbocycles. The van der Waals surface area contributed by atoms with Gasteiger partial charge in [-0.3, -0.25) is 9.59 Å². The zero-order valence-corrected chi connectivity index (χ0v) is 34.8. The Morgan fingerprint density at radius 1 is 1.00 bits per heavy atom. The van der Waals surface area contributed by atoms with Gasteiger partial charge in [0.2, 0.25) is 6.29 Å². The first-order chi connectivity index (χ1) is 28.1. The van der Waals surface area contributed by atoms with E-state index in [1.165, 1.54) is 6.38 Å². The molecule has 0 spiro atoms. The number of carbonyl (C=O) groups excluding carboxylic acids is 2. The summed E-state index contributed by atoms with van der Waals surface area (Å²) in [4.78, 5) is 37.1. The minimum Gasteiger partial charge on any atom is -0.485 e. The number of alkyl halides is 1. The first-order valence-electron chi connectivity index (χ1n) is 19.4. The van der Waals surface area contributed by atoms with Crippen LogP contribution in [0.15, 0.2) is 72.8 Å². The Morgan fingerprint density at radius 2 is 1.75 bits per heavy atom. The molecule has 4 aromatic carbocycles. The number of nitrogens with one attached hydrogen (secondary N) is 2. The Kier molecular flexibility index (Phi) is 13.5. The van der Waals surface area contributed by atoms with Gasteiger partial charge in [-0.2, -0.15) is 0 Å². The first kappa shape index (κ1) is 43.8. The number of aryl methyl sites for hydroxylation is 1. The van der Waals surface area contributed by atoms with E-state index >= 15 is 0 Å². The molecular weight excluding hydrogens is 780 g/mol. The lowest BCUT2D eigenvalue weighted by Gasteiger charge is -2.36. The van der Waals surface area contributed by atoms with E-state index in [9.17, 15) is 24.9 Å². The summed E-state index contributed by atoms with van der Waals surface area (Å²) in [5, 5.41) is 35.9. The second-order valence-corrected chi connectivity index (χ2v) is 16.0. The molecule has 316 valence electrons. The van der Waals surface area contributed by atoms with E-state index in [4.69, 9.17) is 29.7 Å². The maximum atomic E-state index is 14.2. The van der Waals surface area contributed by atoms with Crippen LogP contribution in [-0.2, 0) is 20.7 Å². The van der Waals surface area contributed by atoms with Gasteiger partial charge in [0.1, 0.15) is 35.0 Å². The Balaban J connectivity index is 0.00000288. The second-order valence-electron chi connectivity index (χ2n) is 16.0. The Morgan fingerprint density at radius 3 is 2.46 bits per heavy atom. The fraction of sp³-hybridized carbons (Fsp3) is 0.409. The molecule has 2 aliphatic heterocycles. The van der Waals surface area contributed by atoms with Crippen molar-refractivity contribution in [3.05, 3.63) is 95.2 Å². The molecule has 2 amide bonds. The molecule has 4 unspecified atom stereocenters. The molecule has 15 heteroatoms. The molecule has 5 aromatic rings. The number of nitrogens with two attached hydrogens (primary N) is 1. The highest BCUT2D eigenvalue weighted by Gasteiger charge is 2.38. The number of nitrogens with zero attached hydrogens (tertiary/aromatic N) is 1. The molecule has 3 heterocycles. The van der Waals surface area contributed by atoms with Crippen molar-refractivity contribution in [1.82, 2.24) is 4.98 Å². The van der Waals surface area contributed by atoms with Gasteiger partial charge in [-0.15, -0.1) is 11.6 Å². The number of anilines is 2. The summed E-state index contributed by atoms with van der Waals surface area (Å²) in [5.41, 5.74) is 3.63. The van der Waals surface area contributed by atoms with E-state index in [0.29, 0.717) is 53.7 Å². The van der Waals surface area contributed by atoms with Gasteiger partial charge in [-0.05, 0) is 106 Å². The van der Waals surface area contributed by atoms with Gasteiger partial charge >= 0.3 is 0 Å². The standard InChI is InChI=1S/C43H50N4O10.CH3Cl/c1-24-7-6-8-30-35(55-37-20-34(49)39(50)36(21-48)56-37)19-33-29(38(24)30)15-16-47(33)41(52)32-18-26-17-27(11-14-31(26)46-32)45-40(51)25-9-12-28(13-10-25)57-43(4,5)22-53-42(2,3)23-54-44;1-2/h6-14,17-19,34,36-37,39,46,48-50H,15-16,20-23,44H2,1-5H3,(H,45,51);1H3. The molecule has 1 aromatic heterocycles. The topological polar surface area (TPSA) is 198 Å². The van der Waals surface area contributed by atoms with Crippen molar-refractivity contribution in [2.75, 3.05) is 43.0 Å². The molecule has 1 saturated heterocycles. The maximum absolute atomic E-state index is 14.2. The Hall–Kier alpha value is -4.77. The van der Waals surface area contributed by atoms with Gasteiger partial charge in [0.05, 0.1) is 37.2 Å². The summed E-state index contributed by atoms with van der Waals surface area (Å²) in [5.74, 6) is 5.72. The lowest BCUT2D eigenvalue weighted by molar-refractivity contribution is -0.229. The maximum Gasteiger partial charge on any atom is 0.274 e. The third-order valence-electron chi connectivity index (χ3n) is 10.4. The third-order valence-corrected chi connectivity index (χ3v) is 10.4. The van der Waals surface area contributed by atoms with Crippen LogP contribution >= 0.6 is 11.6 Å². The first-order valence-corrected chi connectivity index (χ1v) is 20.1. The van der Waals surface area contributed by atoms with Crippen LogP contribution in [0.1, 0.15) is 66.1 Å². The van der Waals surface area contributed by atoms with E-state index < -0.39 is 42.4 Å². The fourth-order valence-corrected chi connectivity index (χ4v) is 7.43. The molecule has 7 rings (SSSR count). The minimum atomic E-state index is -1.23. The highest BCUT2D eigenvalue weighted by molar-refractivity contribution is 6.15. The van der Waals surface area contributed by atoms with Gasteiger partial charge in [-0.1, -0.05) is 18.2 Å². The number of hydrogen-bond acceptors (Lipinski definition) is 11. The number of hydrogen-bond donors (Lipinski definition) is 6. The van der Waals surface area contributed by atoms with Crippen molar-refractivity contribution in [2.45, 2.75) is 83.3 Å². The number of halogens is 1. The molecular formula is C44H53ClN4O10. The van der Waals surface area contributed by atoms with Crippen molar-refractivity contribution >= 4 is 56.5 Å². The largest absolute Gasteiger partial charge is 0.485 e. The van der Waals surface area contributed by atoms with Crippen molar-refractivity contribution in [1.29, 1.82) is 0 Å². The highest BCUT2D eigenvalue weighted by Crippen LogP contribution is 2.43. The fourth-order valence-electron chi connectivity index (χ4n) is 7.43. The number of carbonyl (C=O) groups is 2. The summed E-state index contributed by atoms with van der Waals surface area (Å²) in [6, 6.07) is 21.7. The minimum absolute atomic E-state index is 0.00448. The quantitative estimate of drug-likeness (QED) is 0.0602. The predicted octanol–water partition coefficient (Wildman–Crippen LogP) is 5.99. The van der Waals surface area contributed by atoms with E-state index in [0.717, 1.165) is 32.8 Å². The number of rotatable bonds is 13. The average Bonchev–Trinajstić information content (AvgIpc) is 3.84. The normalized spacial score (nSPS) is 19.3. The molecule has 7 N–H and O–H groups in total. The second kappa shape index (κ2) is 18.2. The molecule has 14 nitrogen and oxygen atoms in total. The number of benzene rings is 4. The summed E-state index contributed by atoms with van der Waals surface area (Å²) in [7, 11) is 0. The van der Waals surface area contributed by atoms with Gasteiger partial charge < -0.3 is 54.3 Å². The average molecular weight is 833 g/mol. The van der Waals surface area contributed by atoms with Crippen LogP contribution in [0, 0.1) is 6.92 Å². The van der Waals surface area contributed by atoms with Crippen molar-refractivity contribution in [3.8, 4) is 11.5 Å². The molecule has 4 atom stereocenters. The number of H-pyrrole nitrogens is 1. The monoisotopic (exact) mass is 832 g/mol. The molecule has 2 aliphatic rings. The number of amides is 2. The predicted molar refractivity (Wildman–Crippen MR) is 226 cm³/mol. The van der Waals surface area contributed by atoms with Crippen LogP contribution in [0.2, 0.25) is 0 Å². The van der Waals surface area contributed by atoms with E-state index in [1.54, 1.807) is 41.3 Å². The van der Waals surface area contributed by atoms with Crippen molar-refractivity contribution in [3.63, 3.8) is 0 Å². The SMILES string of the molecule is CCl.Cc1cccc2c(OC3CC(O)C(O)C(CO)O3)cc3c(c12)CCN3C(=O)c1cc2cc(NC(=O)c3ccc(OC(C)(C)COC(C)(C)CON)cc3)ccc2[nH]1. The Bertz CT molecular complexity index is 2280. The summed E-state index contributed by atoms with van der Waals surface area (Å²) < 4.78 is 24.2. The summed E-state index contributed by atoms with van der Waals surface area (Å²) in [6.07, 6.45) is -2.17. The van der Waals surface area contributed by atoms with Crippen LogP contribution in [0.4, 0.5) is 11.4 Å². The summed E-state index contributed by atoms with van der Waals surface area (Å²) in [6.45, 7) is 10.1. The van der Waals surface area contributed by atoms with Crippen LogP contribution in [-0.4, -0.2) is 101 Å². The van der Waals surface area contributed by atoms with E-state index in [2.05, 4.69) is 21.9 Å². The smallest absolute Gasteiger partial charge is 0.274 e. The van der Waals surface area contributed by atoms with Gasteiger partial charge in [0, 0.05) is 53.0 Å². The number of aliphatic hydroxyl groups is 3. The molecule has 0 saturated carbocycles. The van der Waals surface area contributed by atoms with Crippen molar-refractivity contribution < 1.29 is 48.7 Å². The molecule has 59 heavy (non-hydrogen) atoms. The molecule has 1 fully saturated rings. The number of aliphatic hydroxyl groups excluding tert-OH is 3. The molecule has 0 bridgehead atoms.